The molecule has 3 rings (SSSR count). The van der Waals surface area contributed by atoms with Gasteiger partial charge in [0.1, 0.15) is 5.52 Å². The van der Waals surface area contributed by atoms with Gasteiger partial charge in [-0.3, -0.25) is 0 Å². The van der Waals surface area contributed by atoms with E-state index in [-0.39, 0.29) is 11.6 Å². The fourth-order valence-electron chi connectivity index (χ4n) is 2.85. The van der Waals surface area contributed by atoms with Crippen LogP contribution in [0.4, 0.5) is 8.78 Å². The Morgan fingerprint density at radius 1 is 1.37 bits per heavy atom. The highest BCUT2D eigenvalue weighted by Crippen LogP contribution is 2.28. The van der Waals surface area contributed by atoms with Gasteiger partial charge in [0.25, 0.3) is 0 Å². The van der Waals surface area contributed by atoms with E-state index in [4.69, 9.17) is 12.2 Å². The molecule has 2 aromatic rings. The van der Waals surface area contributed by atoms with Crippen molar-refractivity contribution in [2.75, 3.05) is 20.1 Å². The van der Waals surface area contributed by atoms with E-state index < -0.39 is 11.6 Å². The maximum absolute atomic E-state index is 14.0. The molecular weight excluding hydrogens is 268 g/mol. The molecular formula is C13H15F2N3S. The topological polar surface area (TPSA) is 24.0 Å². The number of nitrogens with one attached hydrogen (secondary N) is 1. The molecule has 102 valence electrons. The van der Waals surface area contributed by atoms with Crippen LogP contribution in [0.5, 0.6) is 0 Å². The number of halogens is 2. The summed E-state index contributed by atoms with van der Waals surface area (Å²) >= 11 is 5.28. The standard InChI is InChI=1S/C13H15F2N3S/c1-17-6-2-3-8(7-17)18-12-10(16-13(18)19)5-4-9(14)11(12)15/h4-5,8H,2-3,6-7H2,1H3,(H,16,19). The van der Waals surface area contributed by atoms with Gasteiger partial charge in [-0.15, -0.1) is 0 Å². The van der Waals surface area contributed by atoms with Crippen LogP contribution < -0.4 is 0 Å². The molecule has 0 amide bonds. The molecule has 0 radical (unpaired) electrons. The molecule has 0 bridgehead atoms. The third-order valence-electron chi connectivity index (χ3n) is 3.74. The highest BCUT2D eigenvalue weighted by atomic mass is 32.1. The summed E-state index contributed by atoms with van der Waals surface area (Å²) in [5.41, 5.74) is 0.808. The van der Waals surface area contributed by atoms with Crippen molar-refractivity contribution >= 4 is 23.3 Å². The number of aromatic amines is 1. The predicted octanol–water partition coefficient (Wildman–Crippen LogP) is 3.24. The number of likely N-dealkylation sites (tertiary alicyclic amines) is 1. The fraction of sp³-hybridized carbons (Fsp3) is 0.462. The van der Waals surface area contributed by atoms with Gasteiger partial charge in [-0.05, 0) is 50.8 Å². The fourth-order valence-corrected chi connectivity index (χ4v) is 3.20. The first kappa shape index (κ1) is 12.7. The third kappa shape index (κ3) is 2.08. The Bertz CT molecular complexity index is 676. The number of nitrogens with zero attached hydrogens (tertiary/aromatic N) is 2. The minimum atomic E-state index is -0.834. The van der Waals surface area contributed by atoms with Gasteiger partial charge in [-0.25, -0.2) is 8.78 Å². The lowest BCUT2D eigenvalue weighted by molar-refractivity contribution is 0.213. The van der Waals surface area contributed by atoms with Gasteiger partial charge in [-0.1, -0.05) is 0 Å². The Labute approximate surface area is 114 Å². The summed E-state index contributed by atoms with van der Waals surface area (Å²) in [5.74, 6) is -1.66. The summed E-state index contributed by atoms with van der Waals surface area (Å²) < 4.78 is 29.7. The summed E-state index contributed by atoms with van der Waals surface area (Å²) in [4.78, 5) is 5.15. The quantitative estimate of drug-likeness (QED) is 0.812. The lowest BCUT2D eigenvalue weighted by Crippen LogP contribution is -2.33. The number of aromatic nitrogens is 2. The Hall–Kier alpha value is -1.27. The first-order chi connectivity index (χ1) is 9.08. The van der Waals surface area contributed by atoms with Crippen molar-refractivity contribution in [1.82, 2.24) is 14.5 Å². The minimum absolute atomic E-state index is 0.0938. The molecule has 0 aliphatic carbocycles. The molecule has 1 atom stereocenters. The van der Waals surface area contributed by atoms with Crippen LogP contribution in [0.15, 0.2) is 12.1 Å². The van der Waals surface area contributed by atoms with Crippen molar-refractivity contribution in [2.24, 2.45) is 0 Å². The second kappa shape index (κ2) is 4.68. The lowest BCUT2D eigenvalue weighted by Gasteiger charge is -2.30. The smallest absolute Gasteiger partial charge is 0.184 e. The van der Waals surface area contributed by atoms with Crippen molar-refractivity contribution in [3.8, 4) is 0 Å². The molecule has 1 aliphatic heterocycles. The highest BCUT2D eigenvalue weighted by Gasteiger charge is 2.23. The SMILES string of the molecule is CN1CCCC(n2c(=S)[nH]c3ccc(F)c(F)c32)C1. The Morgan fingerprint density at radius 2 is 2.16 bits per heavy atom. The highest BCUT2D eigenvalue weighted by molar-refractivity contribution is 7.71. The van der Waals surface area contributed by atoms with E-state index in [1.807, 2.05) is 7.05 Å². The van der Waals surface area contributed by atoms with Crippen LogP contribution in [-0.4, -0.2) is 34.6 Å². The third-order valence-corrected chi connectivity index (χ3v) is 4.03. The van der Waals surface area contributed by atoms with Crippen molar-refractivity contribution in [3.63, 3.8) is 0 Å². The average molecular weight is 283 g/mol. The number of hydrogen-bond acceptors (Lipinski definition) is 2. The van der Waals surface area contributed by atoms with E-state index >= 15 is 0 Å². The van der Waals surface area contributed by atoms with Crippen molar-refractivity contribution in [2.45, 2.75) is 18.9 Å². The number of hydrogen-bond donors (Lipinski definition) is 1. The van der Waals surface area contributed by atoms with E-state index in [1.54, 1.807) is 4.57 Å². The van der Waals surface area contributed by atoms with Crippen molar-refractivity contribution in [1.29, 1.82) is 0 Å². The number of H-pyrrole nitrogens is 1. The van der Waals surface area contributed by atoms with Crippen LogP contribution in [0, 0.1) is 16.4 Å². The molecule has 6 heteroatoms. The first-order valence-corrected chi connectivity index (χ1v) is 6.75. The molecule has 0 saturated carbocycles. The zero-order valence-electron chi connectivity index (χ0n) is 10.6. The van der Waals surface area contributed by atoms with Gasteiger partial charge in [0.15, 0.2) is 16.4 Å². The van der Waals surface area contributed by atoms with Crippen LogP contribution >= 0.6 is 12.2 Å². The molecule has 3 nitrogen and oxygen atoms in total. The number of fused-ring (bicyclic) bond motifs is 1. The molecule has 0 spiro atoms. The molecule has 19 heavy (non-hydrogen) atoms. The molecule has 1 aliphatic rings. The van der Waals surface area contributed by atoms with Gasteiger partial charge in [0.05, 0.1) is 5.52 Å². The van der Waals surface area contributed by atoms with Crippen LogP contribution in [0.1, 0.15) is 18.9 Å². The van der Waals surface area contributed by atoms with E-state index in [0.29, 0.717) is 10.3 Å². The molecule has 1 aromatic heterocycles. The normalized spacial score (nSPS) is 21.1. The largest absolute Gasteiger partial charge is 0.330 e. The van der Waals surface area contributed by atoms with E-state index in [1.165, 1.54) is 6.07 Å². The average Bonchev–Trinajstić information content (AvgIpc) is 2.71. The van der Waals surface area contributed by atoms with E-state index in [0.717, 1.165) is 32.0 Å². The molecule has 1 fully saturated rings. The van der Waals surface area contributed by atoms with E-state index in [2.05, 4.69) is 9.88 Å². The van der Waals surface area contributed by atoms with Crippen molar-refractivity contribution in [3.05, 3.63) is 28.5 Å². The maximum Gasteiger partial charge on any atom is 0.184 e. The minimum Gasteiger partial charge on any atom is -0.330 e. The van der Waals surface area contributed by atoms with Gasteiger partial charge >= 0.3 is 0 Å². The molecule has 1 aromatic carbocycles. The second-order valence-corrected chi connectivity index (χ2v) is 5.50. The molecule has 1 N–H and O–H groups in total. The Morgan fingerprint density at radius 3 is 2.89 bits per heavy atom. The summed E-state index contributed by atoms with van der Waals surface area (Å²) in [6, 6.07) is 2.75. The van der Waals surface area contributed by atoms with E-state index in [9.17, 15) is 8.78 Å². The maximum atomic E-state index is 14.0. The number of rotatable bonds is 1. The van der Waals surface area contributed by atoms with Crippen LogP contribution in [0.25, 0.3) is 11.0 Å². The zero-order valence-corrected chi connectivity index (χ0v) is 11.4. The zero-order chi connectivity index (χ0) is 13.6. The summed E-state index contributed by atoms with van der Waals surface area (Å²) in [7, 11) is 2.03. The molecule has 1 unspecified atom stereocenters. The van der Waals surface area contributed by atoms with Gasteiger partial charge < -0.3 is 14.5 Å². The Balaban J connectivity index is 2.19. The predicted molar refractivity (Wildman–Crippen MR) is 72.8 cm³/mol. The van der Waals surface area contributed by atoms with Crippen LogP contribution in [0.3, 0.4) is 0 Å². The summed E-state index contributed by atoms with van der Waals surface area (Å²) in [6.45, 7) is 1.83. The number of imidazole rings is 1. The number of likely N-dealkylation sites (N-methyl/N-ethyl adjacent to an activating group) is 1. The summed E-state index contributed by atoms with van der Waals surface area (Å²) in [5, 5.41) is 0. The van der Waals surface area contributed by atoms with Crippen LogP contribution in [0.2, 0.25) is 0 Å². The second-order valence-electron chi connectivity index (χ2n) is 5.12. The van der Waals surface area contributed by atoms with Gasteiger partial charge in [0.2, 0.25) is 0 Å². The lowest BCUT2D eigenvalue weighted by atomic mass is 10.1. The van der Waals surface area contributed by atoms with Crippen LogP contribution in [-0.2, 0) is 0 Å². The number of piperidine rings is 1. The molecule has 1 saturated heterocycles. The first-order valence-electron chi connectivity index (χ1n) is 6.34. The number of benzene rings is 1. The summed E-state index contributed by atoms with van der Waals surface area (Å²) in [6.07, 6.45) is 1.97. The van der Waals surface area contributed by atoms with Gasteiger partial charge in [0, 0.05) is 12.6 Å². The Kier molecular flexibility index (Phi) is 3.14. The van der Waals surface area contributed by atoms with Gasteiger partial charge in [-0.2, -0.15) is 0 Å². The monoisotopic (exact) mass is 283 g/mol. The molecule has 2 heterocycles. The van der Waals surface area contributed by atoms with Crippen molar-refractivity contribution < 1.29 is 8.78 Å².